The SMILES string of the molecule is CCn1c(-c2ccc(OC)c(OC)c2)cnc1Cl. The van der Waals surface area contributed by atoms with E-state index >= 15 is 0 Å². The van der Waals surface area contributed by atoms with E-state index in [1.807, 2.05) is 29.7 Å². The van der Waals surface area contributed by atoms with Gasteiger partial charge in [0.1, 0.15) is 0 Å². The van der Waals surface area contributed by atoms with Crippen LogP contribution in [0.4, 0.5) is 0 Å². The van der Waals surface area contributed by atoms with Gasteiger partial charge in [-0.15, -0.1) is 0 Å². The van der Waals surface area contributed by atoms with Gasteiger partial charge in [0.25, 0.3) is 0 Å². The van der Waals surface area contributed by atoms with Gasteiger partial charge in [-0.2, -0.15) is 0 Å². The highest BCUT2D eigenvalue weighted by Crippen LogP contribution is 2.33. The largest absolute Gasteiger partial charge is 0.493 e. The van der Waals surface area contributed by atoms with Crippen LogP contribution in [0.5, 0.6) is 11.5 Å². The Kier molecular flexibility index (Phi) is 3.77. The summed E-state index contributed by atoms with van der Waals surface area (Å²) in [4.78, 5) is 4.12. The maximum absolute atomic E-state index is 6.02. The number of halogens is 1. The zero-order chi connectivity index (χ0) is 13.1. The molecule has 0 radical (unpaired) electrons. The summed E-state index contributed by atoms with van der Waals surface area (Å²) in [5.74, 6) is 1.39. The first kappa shape index (κ1) is 12.8. The number of hydrogen-bond donors (Lipinski definition) is 0. The second-order valence-corrected chi connectivity index (χ2v) is 4.06. The van der Waals surface area contributed by atoms with Gasteiger partial charge < -0.3 is 14.0 Å². The van der Waals surface area contributed by atoms with Gasteiger partial charge in [0.05, 0.1) is 26.1 Å². The molecule has 4 nitrogen and oxygen atoms in total. The summed E-state index contributed by atoms with van der Waals surface area (Å²) in [6.45, 7) is 2.79. The molecular weight excluding hydrogens is 252 g/mol. The quantitative estimate of drug-likeness (QED) is 0.852. The van der Waals surface area contributed by atoms with E-state index in [0.29, 0.717) is 16.8 Å². The zero-order valence-electron chi connectivity index (χ0n) is 10.6. The molecule has 5 heteroatoms. The van der Waals surface area contributed by atoms with Crippen LogP contribution in [-0.4, -0.2) is 23.8 Å². The Morgan fingerprint density at radius 3 is 2.56 bits per heavy atom. The number of hydrogen-bond acceptors (Lipinski definition) is 3. The van der Waals surface area contributed by atoms with Gasteiger partial charge in [-0.1, -0.05) is 0 Å². The normalized spacial score (nSPS) is 10.4. The molecule has 0 aliphatic rings. The van der Waals surface area contributed by atoms with Crippen LogP contribution in [-0.2, 0) is 6.54 Å². The topological polar surface area (TPSA) is 36.3 Å². The van der Waals surface area contributed by atoms with E-state index in [0.717, 1.165) is 17.8 Å². The summed E-state index contributed by atoms with van der Waals surface area (Å²) >= 11 is 6.02. The van der Waals surface area contributed by atoms with Crippen molar-refractivity contribution < 1.29 is 9.47 Å². The first-order chi connectivity index (χ1) is 8.71. The van der Waals surface area contributed by atoms with E-state index in [1.165, 1.54) is 0 Å². The molecule has 0 saturated carbocycles. The highest BCUT2D eigenvalue weighted by Gasteiger charge is 2.11. The fraction of sp³-hybridized carbons (Fsp3) is 0.308. The number of methoxy groups -OCH3 is 2. The average molecular weight is 267 g/mol. The van der Waals surface area contributed by atoms with Gasteiger partial charge in [0.15, 0.2) is 11.5 Å². The first-order valence-corrected chi connectivity index (χ1v) is 6.02. The summed E-state index contributed by atoms with van der Waals surface area (Å²) in [5.41, 5.74) is 1.96. The van der Waals surface area contributed by atoms with E-state index < -0.39 is 0 Å². The minimum Gasteiger partial charge on any atom is -0.493 e. The van der Waals surface area contributed by atoms with Crippen LogP contribution < -0.4 is 9.47 Å². The lowest BCUT2D eigenvalue weighted by atomic mass is 10.1. The molecule has 0 unspecified atom stereocenters. The van der Waals surface area contributed by atoms with Crippen LogP contribution >= 0.6 is 11.6 Å². The van der Waals surface area contributed by atoms with Crippen LogP contribution in [0, 0.1) is 0 Å². The number of aromatic nitrogens is 2. The fourth-order valence-electron chi connectivity index (χ4n) is 1.88. The predicted molar refractivity (Wildman–Crippen MR) is 71.5 cm³/mol. The molecule has 0 atom stereocenters. The standard InChI is InChI=1S/C13H15ClN2O2/c1-4-16-10(8-15-13(16)14)9-5-6-11(17-2)12(7-9)18-3/h5-8H,4H2,1-3H3. The van der Waals surface area contributed by atoms with Crippen molar-refractivity contribution in [1.82, 2.24) is 9.55 Å². The summed E-state index contributed by atoms with van der Waals surface area (Å²) in [7, 11) is 3.23. The summed E-state index contributed by atoms with van der Waals surface area (Å²) < 4.78 is 12.4. The van der Waals surface area contributed by atoms with Crippen molar-refractivity contribution in [2.45, 2.75) is 13.5 Å². The van der Waals surface area contributed by atoms with E-state index in [9.17, 15) is 0 Å². The fourth-order valence-corrected chi connectivity index (χ4v) is 2.14. The predicted octanol–water partition coefficient (Wildman–Crippen LogP) is 3.24. The lowest BCUT2D eigenvalue weighted by Crippen LogP contribution is -1.97. The van der Waals surface area contributed by atoms with Crippen LogP contribution in [0.25, 0.3) is 11.3 Å². The van der Waals surface area contributed by atoms with Crippen molar-refractivity contribution in [3.8, 4) is 22.8 Å². The number of imidazole rings is 1. The minimum atomic E-state index is 0.488. The van der Waals surface area contributed by atoms with Crippen molar-refractivity contribution in [1.29, 1.82) is 0 Å². The van der Waals surface area contributed by atoms with Gasteiger partial charge in [-0.3, -0.25) is 0 Å². The summed E-state index contributed by atoms with van der Waals surface area (Å²) in [6, 6.07) is 5.74. The highest BCUT2D eigenvalue weighted by molar-refractivity contribution is 6.28. The maximum atomic E-state index is 6.02. The Labute approximate surface area is 111 Å². The molecule has 18 heavy (non-hydrogen) atoms. The lowest BCUT2D eigenvalue weighted by Gasteiger charge is -2.11. The molecule has 2 rings (SSSR count). The third-order valence-electron chi connectivity index (χ3n) is 2.80. The molecule has 0 aliphatic carbocycles. The van der Waals surface area contributed by atoms with E-state index in [1.54, 1.807) is 20.4 Å². The van der Waals surface area contributed by atoms with E-state index in [-0.39, 0.29) is 0 Å². The second kappa shape index (κ2) is 5.31. The Hall–Kier alpha value is -1.68. The first-order valence-electron chi connectivity index (χ1n) is 5.64. The van der Waals surface area contributed by atoms with Gasteiger partial charge in [0.2, 0.25) is 5.28 Å². The number of nitrogens with zero attached hydrogens (tertiary/aromatic N) is 2. The summed E-state index contributed by atoms with van der Waals surface area (Å²) in [5, 5.41) is 0.488. The molecule has 0 fully saturated rings. The number of ether oxygens (including phenoxy) is 2. The van der Waals surface area contributed by atoms with Crippen molar-refractivity contribution in [3.05, 3.63) is 29.7 Å². The van der Waals surface area contributed by atoms with Gasteiger partial charge in [-0.25, -0.2) is 4.98 Å². The molecule has 0 spiro atoms. The van der Waals surface area contributed by atoms with Crippen LogP contribution in [0.15, 0.2) is 24.4 Å². The third kappa shape index (κ3) is 2.16. The highest BCUT2D eigenvalue weighted by atomic mass is 35.5. The molecule has 1 aromatic carbocycles. The molecule has 2 aromatic rings. The molecule has 96 valence electrons. The number of rotatable bonds is 4. The van der Waals surface area contributed by atoms with E-state index in [4.69, 9.17) is 21.1 Å². The van der Waals surface area contributed by atoms with Crippen molar-refractivity contribution in [2.75, 3.05) is 14.2 Å². The van der Waals surface area contributed by atoms with Crippen LogP contribution in [0.3, 0.4) is 0 Å². The molecule has 0 saturated heterocycles. The molecule has 0 bridgehead atoms. The minimum absolute atomic E-state index is 0.488. The summed E-state index contributed by atoms with van der Waals surface area (Å²) in [6.07, 6.45) is 1.76. The lowest BCUT2D eigenvalue weighted by molar-refractivity contribution is 0.355. The second-order valence-electron chi connectivity index (χ2n) is 3.73. The average Bonchev–Trinajstić information content (AvgIpc) is 2.78. The van der Waals surface area contributed by atoms with Crippen LogP contribution in [0.1, 0.15) is 6.92 Å². The Morgan fingerprint density at radius 2 is 1.94 bits per heavy atom. The monoisotopic (exact) mass is 266 g/mol. The maximum Gasteiger partial charge on any atom is 0.203 e. The van der Waals surface area contributed by atoms with Crippen molar-refractivity contribution in [2.24, 2.45) is 0 Å². The smallest absolute Gasteiger partial charge is 0.203 e. The third-order valence-corrected chi connectivity index (χ3v) is 3.10. The van der Waals surface area contributed by atoms with Gasteiger partial charge >= 0.3 is 0 Å². The Bertz CT molecular complexity index is 552. The van der Waals surface area contributed by atoms with Gasteiger partial charge in [-0.05, 0) is 36.7 Å². The van der Waals surface area contributed by atoms with Crippen LogP contribution in [0.2, 0.25) is 5.28 Å². The molecule has 1 aromatic heterocycles. The van der Waals surface area contributed by atoms with E-state index in [2.05, 4.69) is 4.98 Å². The Balaban J connectivity index is 2.50. The molecule has 0 amide bonds. The zero-order valence-corrected chi connectivity index (χ0v) is 11.4. The number of benzene rings is 1. The van der Waals surface area contributed by atoms with Crippen molar-refractivity contribution in [3.63, 3.8) is 0 Å². The Morgan fingerprint density at radius 1 is 1.22 bits per heavy atom. The molecule has 0 aliphatic heterocycles. The molecular formula is C13H15ClN2O2. The van der Waals surface area contributed by atoms with Crippen molar-refractivity contribution >= 4 is 11.6 Å². The van der Waals surface area contributed by atoms with Gasteiger partial charge in [0, 0.05) is 12.1 Å². The molecule has 1 heterocycles. The molecule has 0 N–H and O–H groups in total.